The summed E-state index contributed by atoms with van der Waals surface area (Å²) in [6, 6.07) is 19.7. The van der Waals surface area contributed by atoms with E-state index in [4.69, 9.17) is 16.3 Å². The van der Waals surface area contributed by atoms with E-state index in [0.29, 0.717) is 30.2 Å². The Labute approximate surface area is 385 Å². The SMILES string of the molecule is Cc1ccc(-c2c(C)n[nH]c2C)cc1N(CCCCCOCC(=O)N[C@H](C(=O)N1C[C@H](O)C[C@H]1C(=O)N[C@@H](C)c1ccc(-c2scnc2C)cc1)C(C)(C)C)c1ccc(C#N)c(Cl)c1. The first-order valence-electron chi connectivity index (χ1n) is 21.7. The number of halogens is 1. The molecule has 0 bridgehead atoms. The van der Waals surface area contributed by atoms with E-state index in [2.05, 4.69) is 61.9 Å². The number of likely N-dealkylation sites (tertiary alicyclic amines) is 1. The number of β-amino-alcohol motifs (C(OH)–C–C–N with tert-alkyl or cyclic N) is 1. The average Bonchev–Trinajstić information content (AvgIpc) is 3.97. The van der Waals surface area contributed by atoms with E-state index in [9.17, 15) is 24.8 Å². The smallest absolute Gasteiger partial charge is 0.246 e. The second kappa shape index (κ2) is 20.9. The van der Waals surface area contributed by atoms with Gasteiger partial charge in [-0.25, -0.2) is 4.98 Å². The van der Waals surface area contributed by atoms with Gasteiger partial charge in [-0.2, -0.15) is 10.4 Å². The number of hydrogen-bond donors (Lipinski definition) is 4. The summed E-state index contributed by atoms with van der Waals surface area (Å²) in [5, 5.41) is 34.0. The number of unbranched alkanes of at least 4 members (excludes halogenated alkanes) is 2. The Kier molecular flexibility index (Phi) is 15.7. The van der Waals surface area contributed by atoms with Gasteiger partial charge in [-0.1, -0.05) is 68.8 Å². The van der Waals surface area contributed by atoms with E-state index >= 15 is 0 Å². The van der Waals surface area contributed by atoms with Gasteiger partial charge in [-0.3, -0.25) is 19.5 Å². The van der Waals surface area contributed by atoms with Gasteiger partial charge in [-0.05, 0) is 106 Å². The number of aromatic amines is 1. The average molecular weight is 908 g/mol. The maximum atomic E-state index is 14.2. The van der Waals surface area contributed by atoms with E-state index in [1.807, 2.05) is 90.4 Å². The molecule has 1 fully saturated rings. The molecule has 4 atom stereocenters. The highest BCUT2D eigenvalue weighted by atomic mass is 35.5. The number of carbonyl (C=O) groups excluding carboxylic acids is 3. The first-order chi connectivity index (χ1) is 30.5. The number of aromatic nitrogens is 3. The number of nitrogens with zero attached hydrogens (tertiary/aromatic N) is 5. The number of amides is 3. The summed E-state index contributed by atoms with van der Waals surface area (Å²) in [7, 11) is 0. The lowest BCUT2D eigenvalue weighted by Gasteiger charge is -2.35. The molecule has 13 nitrogen and oxygen atoms in total. The lowest BCUT2D eigenvalue weighted by molar-refractivity contribution is -0.144. The van der Waals surface area contributed by atoms with Crippen molar-refractivity contribution in [3.63, 3.8) is 0 Å². The molecule has 3 amide bonds. The van der Waals surface area contributed by atoms with Gasteiger partial charge in [0.2, 0.25) is 17.7 Å². The molecule has 338 valence electrons. The number of benzene rings is 3. The minimum Gasteiger partial charge on any atom is -0.391 e. The molecule has 0 radical (unpaired) electrons. The van der Waals surface area contributed by atoms with Gasteiger partial charge in [0.15, 0.2) is 0 Å². The quantitative estimate of drug-likeness (QED) is 0.0666. The Morgan fingerprint density at radius 1 is 1.02 bits per heavy atom. The van der Waals surface area contributed by atoms with Crippen molar-refractivity contribution >= 4 is 52.0 Å². The third-order valence-corrected chi connectivity index (χ3v) is 13.1. The molecular weight excluding hydrogens is 848 g/mol. The van der Waals surface area contributed by atoms with Crippen molar-refractivity contribution in [2.24, 2.45) is 5.41 Å². The Morgan fingerprint density at radius 3 is 2.39 bits per heavy atom. The Hall–Kier alpha value is -5.59. The summed E-state index contributed by atoms with van der Waals surface area (Å²) in [4.78, 5) is 50.2. The van der Waals surface area contributed by atoms with Crippen molar-refractivity contribution in [1.82, 2.24) is 30.7 Å². The molecule has 0 unspecified atom stereocenters. The number of nitriles is 1. The van der Waals surface area contributed by atoms with Crippen LogP contribution in [0.15, 0.2) is 66.2 Å². The molecule has 0 spiro atoms. The highest BCUT2D eigenvalue weighted by Gasteiger charge is 2.44. The molecule has 3 aromatic carbocycles. The molecule has 1 aliphatic rings. The zero-order valence-electron chi connectivity index (χ0n) is 37.9. The van der Waals surface area contributed by atoms with Crippen molar-refractivity contribution in [3.8, 4) is 27.6 Å². The zero-order valence-corrected chi connectivity index (χ0v) is 39.5. The largest absolute Gasteiger partial charge is 0.391 e. The fraction of sp³-hybridized carbons (Fsp3) is 0.429. The summed E-state index contributed by atoms with van der Waals surface area (Å²) >= 11 is 8.10. The van der Waals surface area contributed by atoms with E-state index in [0.717, 1.165) is 74.0 Å². The van der Waals surface area contributed by atoms with Crippen LogP contribution in [0.5, 0.6) is 0 Å². The lowest BCUT2D eigenvalue weighted by atomic mass is 9.85. The number of H-pyrrole nitrogens is 1. The highest BCUT2D eigenvalue weighted by molar-refractivity contribution is 7.13. The molecule has 0 aliphatic carbocycles. The van der Waals surface area contributed by atoms with Crippen molar-refractivity contribution in [3.05, 3.63) is 105 Å². The minimum absolute atomic E-state index is 0.0163. The second-order valence-corrected chi connectivity index (χ2v) is 19.0. The Balaban J connectivity index is 1.02. The van der Waals surface area contributed by atoms with Crippen LogP contribution in [0.1, 0.15) is 93.2 Å². The third kappa shape index (κ3) is 11.4. The van der Waals surface area contributed by atoms with Gasteiger partial charge in [0.05, 0.1) is 44.5 Å². The van der Waals surface area contributed by atoms with Crippen LogP contribution in [0.4, 0.5) is 11.4 Å². The number of aliphatic hydroxyl groups excluding tert-OH is 1. The molecule has 6 rings (SSSR count). The molecule has 1 aliphatic heterocycles. The van der Waals surface area contributed by atoms with Gasteiger partial charge in [0, 0.05) is 48.7 Å². The number of ether oxygens (including phenoxy) is 1. The highest BCUT2D eigenvalue weighted by Crippen LogP contribution is 2.36. The number of thiazole rings is 1. The second-order valence-electron chi connectivity index (χ2n) is 17.7. The van der Waals surface area contributed by atoms with Gasteiger partial charge in [0.25, 0.3) is 0 Å². The summed E-state index contributed by atoms with van der Waals surface area (Å²) in [6.45, 7) is 16.2. The van der Waals surface area contributed by atoms with Crippen LogP contribution in [0.25, 0.3) is 21.6 Å². The summed E-state index contributed by atoms with van der Waals surface area (Å²) in [5.74, 6) is -1.24. The molecule has 15 heteroatoms. The fourth-order valence-electron chi connectivity index (χ4n) is 8.22. The molecule has 2 aromatic heterocycles. The summed E-state index contributed by atoms with van der Waals surface area (Å²) in [5.41, 5.74) is 11.4. The normalized spacial score (nSPS) is 16.0. The van der Waals surface area contributed by atoms with Crippen LogP contribution in [-0.4, -0.2) is 87.4 Å². The Bertz CT molecular complexity index is 2470. The zero-order chi connectivity index (χ0) is 46.3. The number of aliphatic hydroxyl groups is 1. The summed E-state index contributed by atoms with van der Waals surface area (Å²) in [6.07, 6.45) is 1.52. The van der Waals surface area contributed by atoms with E-state index < -0.39 is 35.4 Å². The van der Waals surface area contributed by atoms with E-state index in [1.54, 1.807) is 17.4 Å². The van der Waals surface area contributed by atoms with Crippen molar-refractivity contribution in [2.75, 3.05) is 31.2 Å². The van der Waals surface area contributed by atoms with Crippen LogP contribution in [0.3, 0.4) is 0 Å². The number of aryl methyl sites for hydroxylation is 4. The van der Waals surface area contributed by atoms with Crippen molar-refractivity contribution < 1.29 is 24.2 Å². The molecule has 4 N–H and O–H groups in total. The predicted molar refractivity (Wildman–Crippen MR) is 252 cm³/mol. The number of rotatable bonds is 17. The third-order valence-electron chi connectivity index (χ3n) is 11.8. The molecule has 64 heavy (non-hydrogen) atoms. The number of hydrogen-bond acceptors (Lipinski definition) is 10. The number of nitrogens with one attached hydrogen (secondary N) is 3. The number of anilines is 2. The molecule has 3 heterocycles. The first-order valence-corrected chi connectivity index (χ1v) is 23.0. The van der Waals surface area contributed by atoms with Gasteiger partial charge in [0.1, 0.15) is 24.8 Å². The molecule has 1 saturated heterocycles. The van der Waals surface area contributed by atoms with Crippen molar-refractivity contribution in [1.29, 1.82) is 5.26 Å². The maximum absolute atomic E-state index is 14.2. The number of carbonyl (C=O) groups is 3. The van der Waals surface area contributed by atoms with E-state index in [-0.39, 0.29) is 31.5 Å². The van der Waals surface area contributed by atoms with Crippen LogP contribution in [-0.2, 0) is 19.1 Å². The van der Waals surface area contributed by atoms with Crippen LogP contribution in [0.2, 0.25) is 5.02 Å². The van der Waals surface area contributed by atoms with Gasteiger partial charge in [-0.15, -0.1) is 11.3 Å². The molecular formula is C49H59ClN8O5S. The molecule has 0 saturated carbocycles. The molecule has 5 aromatic rings. The van der Waals surface area contributed by atoms with Crippen LogP contribution < -0.4 is 15.5 Å². The van der Waals surface area contributed by atoms with Crippen LogP contribution in [0, 0.1) is 44.4 Å². The van der Waals surface area contributed by atoms with Gasteiger partial charge >= 0.3 is 0 Å². The maximum Gasteiger partial charge on any atom is 0.246 e. The Morgan fingerprint density at radius 2 is 1.75 bits per heavy atom. The first kappa shape index (κ1) is 47.9. The van der Waals surface area contributed by atoms with E-state index in [1.165, 1.54) is 4.90 Å². The summed E-state index contributed by atoms with van der Waals surface area (Å²) < 4.78 is 5.81. The fourth-order valence-corrected chi connectivity index (χ4v) is 9.25. The topological polar surface area (TPSA) is 177 Å². The minimum atomic E-state index is -0.964. The van der Waals surface area contributed by atoms with Crippen LogP contribution >= 0.6 is 22.9 Å². The standard InChI is InChI=1S/C49H59ClN8O5S/c1-29-12-13-36(44-31(3)55-56-32(44)4)22-41(29)57(38-19-18-37(25-51)40(50)23-38)20-10-9-11-21-63-27-43(60)54-46(49(6,7)8)48(62)58-26-39(59)24-42(58)47(61)53-30(2)34-14-16-35(17-15-34)45-33(5)52-28-64-45/h12-19,22-23,28,30,39,42,46,59H,9-11,20-21,24,26-27H2,1-8H3,(H,53,61)(H,54,60)(H,55,56)/t30-,39+,42-,46+/m0/s1. The van der Waals surface area contributed by atoms with Crippen molar-refractivity contribution in [2.45, 2.75) is 105 Å². The van der Waals surface area contributed by atoms with Gasteiger partial charge < -0.3 is 30.3 Å². The monoisotopic (exact) mass is 906 g/mol. The predicted octanol–water partition coefficient (Wildman–Crippen LogP) is 8.65. The lowest BCUT2D eigenvalue weighted by Crippen LogP contribution is -2.58.